The van der Waals surface area contributed by atoms with Crippen molar-refractivity contribution in [2.75, 3.05) is 6.61 Å². The standard InChI is InChI=1S/C15H20O2/c1-4-5-6-7-8-9-10-11-12-17-15(16)13-14(2)3/h4-5,14H,10-13H2,1-3H3/b5-4+. The molecule has 0 spiro atoms. The van der Waals surface area contributed by atoms with Crippen molar-refractivity contribution in [2.45, 2.75) is 40.0 Å². The summed E-state index contributed by atoms with van der Waals surface area (Å²) in [5.41, 5.74) is 0. The molecule has 0 saturated heterocycles. The van der Waals surface area contributed by atoms with Gasteiger partial charge in [-0.1, -0.05) is 31.8 Å². The summed E-state index contributed by atoms with van der Waals surface area (Å²) < 4.78 is 5.04. The lowest BCUT2D eigenvalue weighted by Crippen LogP contribution is -2.08. The minimum Gasteiger partial charge on any atom is -0.466 e. The van der Waals surface area contributed by atoms with E-state index in [-0.39, 0.29) is 5.97 Å². The maximum atomic E-state index is 11.2. The Labute approximate surface area is 104 Å². The second-order valence-electron chi connectivity index (χ2n) is 3.99. The Hall–Kier alpha value is -1.67. The Bertz CT molecular complexity index is 356. The normalized spacial score (nSPS) is 9.41. The van der Waals surface area contributed by atoms with Crippen LogP contribution in [0.25, 0.3) is 0 Å². The van der Waals surface area contributed by atoms with Crippen molar-refractivity contribution in [3.63, 3.8) is 0 Å². The van der Waals surface area contributed by atoms with Gasteiger partial charge in [-0.2, -0.15) is 0 Å². The van der Waals surface area contributed by atoms with Crippen LogP contribution in [-0.2, 0) is 9.53 Å². The second-order valence-corrected chi connectivity index (χ2v) is 3.99. The third-order valence-corrected chi connectivity index (χ3v) is 1.76. The molecule has 0 atom stereocenters. The number of ether oxygens (including phenoxy) is 1. The molecule has 2 heteroatoms. The first-order chi connectivity index (χ1) is 8.16. The average molecular weight is 232 g/mol. The minimum absolute atomic E-state index is 0.124. The summed E-state index contributed by atoms with van der Waals surface area (Å²) in [6.07, 6.45) is 5.58. The van der Waals surface area contributed by atoms with Gasteiger partial charge in [-0.3, -0.25) is 4.79 Å². The molecule has 0 bridgehead atoms. The zero-order chi connectivity index (χ0) is 12.9. The molecule has 0 fully saturated rings. The van der Waals surface area contributed by atoms with E-state index >= 15 is 0 Å². The molecule has 0 aromatic rings. The molecule has 0 aromatic carbocycles. The zero-order valence-electron chi connectivity index (χ0n) is 10.9. The predicted octanol–water partition coefficient (Wildman–Crippen LogP) is 2.94. The van der Waals surface area contributed by atoms with Crippen LogP contribution in [0.15, 0.2) is 12.2 Å². The van der Waals surface area contributed by atoms with E-state index in [1.54, 1.807) is 6.08 Å². The Kier molecular flexibility index (Phi) is 9.77. The van der Waals surface area contributed by atoms with Gasteiger partial charge < -0.3 is 4.74 Å². The van der Waals surface area contributed by atoms with E-state index in [0.717, 1.165) is 6.42 Å². The Morgan fingerprint density at radius 1 is 1.35 bits per heavy atom. The first-order valence-corrected chi connectivity index (χ1v) is 5.92. The Balaban J connectivity index is 3.53. The first kappa shape index (κ1) is 15.3. The molecule has 0 amide bonds. The molecule has 0 rings (SSSR count). The second kappa shape index (κ2) is 10.8. The van der Waals surface area contributed by atoms with Crippen LogP contribution in [0.5, 0.6) is 0 Å². The van der Waals surface area contributed by atoms with Gasteiger partial charge in [0.2, 0.25) is 0 Å². The van der Waals surface area contributed by atoms with Crippen molar-refractivity contribution < 1.29 is 9.53 Å². The molecule has 0 aliphatic rings. The summed E-state index contributed by atoms with van der Waals surface area (Å²) in [4.78, 5) is 11.2. The number of esters is 1. The fourth-order valence-electron chi connectivity index (χ4n) is 1.01. The van der Waals surface area contributed by atoms with Crippen LogP contribution < -0.4 is 0 Å². The van der Waals surface area contributed by atoms with Crippen LogP contribution >= 0.6 is 0 Å². The number of hydrogen-bond acceptors (Lipinski definition) is 2. The summed E-state index contributed by atoms with van der Waals surface area (Å²) in [6.45, 7) is 6.35. The molecule has 0 heterocycles. The smallest absolute Gasteiger partial charge is 0.306 e. The van der Waals surface area contributed by atoms with Crippen molar-refractivity contribution in [3.05, 3.63) is 12.2 Å². The van der Waals surface area contributed by atoms with Crippen molar-refractivity contribution in [1.82, 2.24) is 0 Å². The average Bonchev–Trinajstić information content (AvgIpc) is 2.26. The van der Waals surface area contributed by atoms with Gasteiger partial charge in [0.15, 0.2) is 0 Å². The van der Waals surface area contributed by atoms with Crippen LogP contribution in [0, 0.1) is 29.6 Å². The van der Waals surface area contributed by atoms with Gasteiger partial charge in [-0.15, -0.1) is 0 Å². The number of hydrogen-bond donors (Lipinski definition) is 0. The van der Waals surface area contributed by atoms with E-state index in [9.17, 15) is 4.79 Å². The largest absolute Gasteiger partial charge is 0.466 e. The lowest BCUT2D eigenvalue weighted by molar-refractivity contribution is -0.144. The number of carbonyl (C=O) groups is 1. The van der Waals surface area contributed by atoms with Gasteiger partial charge in [0.25, 0.3) is 0 Å². The van der Waals surface area contributed by atoms with E-state index in [1.165, 1.54) is 0 Å². The van der Waals surface area contributed by atoms with Crippen LogP contribution in [-0.4, -0.2) is 12.6 Å². The molecule has 17 heavy (non-hydrogen) atoms. The molecule has 0 unspecified atom stereocenters. The van der Waals surface area contributed by atoms with Crippen LogP contribution in [0.2, 0.25) is 0 Å². The molecule has 0 aromatic heterocycles. The molecule has 0 aliphatic carbocycles. The van der Waals surface area contributed by atoms with Crippen LogP contribution in [0.3, 0.4) is 0 Å². The highest BCUT2D eigenvalue weighted by Crippen LogP contribution is 2.01. The van der Waals surface area contributed by atoms with E-state index < -0.39 is 0 Å². The van der Waals surface area contributed by atoms with Gasteiger partial charge >= 0.3 is 5.97 Å². The molecule has 92 valence electrons. The summed E-state index contributed by atoms with van der Waals surface area (Å²) in [7, 11) is 0. The highest BCUT2D eigenvalue weighted by Gasteiger charge is 2.04. The summed E-state index contributed by atoms with van der Waals surface area (Å²) in [6, 6.07) is 0. The quantitative estimate of drug-likeness (QED) is 0.414. The molecule has 0 aliphatic heterocycles. The van der Waals surface area contributed by atoms with Gasteiger partial charge in [-0.25, -0.2) is 0 Å². The maximum Gasteiger partial charge on any atom is 0.306 e. The van der Waals surface area contributed by atoms with Crippen LogP contribution in [0.1, 0.15) is 40.0 Å². The first-order valence-electron chi connectivity index (χ1n) is 5.92. The number of allylic oxidation sites excluding steroid dienone is 2. The van der Waals surface area contributed by atoms with Crippen LogP contribution in [0.4, 0.5) is 0 Å². The predicted molar refractivity (Wildman–Crippen MR) is 70.0 cm³/mol. The fourth-order valence-corrected chi connectivity index (χ4v) is 1.01. The number of rotatable bonds is 5. The van der Waals surface area contributed by atoms with Gasteiger partial charge in [0.05, 0.1) is 6.61 Å². The van der Waals surface area contributed by atoms with Crippen molar-refractivity contribution in [2.24, 2.45) is 5.92 Å². The molecular weight excluding hydrogens is 212 g/mol. The highest BCUT2D eigenvalue weighted by atomic mass is 16.5. The summed E-state index contributed by atoms with van der Waals surface area (Å²) in [5, 5.41) is 0. The third kappa shape index (κ3) is 12.3. The Morgan fingerprint density at radius 3 is 2.76 bits per heavy atom. The SMILES string of the molecule is C/C=C/C#CC#CCCCOC(=O)CC(C)C. The molecular formula is C15H20O2. The van der Waals surface area contributed by atoms with E-state index in [1.807, 2.05) is 26.8 Å². The van der Waals surface area contributed by atoms with Crippen molar-refractivity contribution in [3.8, 4) is 23.7 Å². The topological polar surface area (TPSA) is 26.3 Å². The third-order valence-electron chi connectivity index (χ3n) is 1.76. The highest BCUT2D eigenvalue weighted by molar-refractivity contribution is 5.69. The fraction of sp³-hybridized carbons (Fsp3) is 0.533. The van der Waals surface area contributed by atoms with Gasteiger partial charge in [0.1, 0.15) is 0 Å². The molecule has 2 nitrogen and oxygen atoms in total. The monoisotopic (exact) mass is 232 g/mol. The van der Waals surface area contributed by atoms with Crippen molar-refractivity contribution >= 4 is 5.97 Å². The molecule has 0 radical (unpaired) electrons. The zero-order valence-corrected chi connectivity index (χ0v) is 10.9. The lowest BCUT2D eigenvalue weighted by atomic mass is 10.1. The van der Waals surface area contributed by atoms with E-state index in [2.05, 4.69) is 23.7 Å². The van der Waals surface area contributed by atoms with E-state index in [4.69, 9.17) is 4.74 Å². The summed E-state index contributed by atoms with van der Waals surface area (Å²) >= 11 is 0. The maximum absolute atomic E-state index is 11.2. The number of unbranched alkanes of at least 4 members (excludes halogenated alkanes) is 1. The number of carbonyl (C=O) groups excluding carboxylic acids is 1. The van der Waals surface area contributed by atoms with Gasteiger partial charge in [-0.05, 0) is 37.2 Å². The molecule has 0 N–H and O–H groups in total. The van der Waals surface area contributed by atoms with E-state index in [0.29, 0.717) is 25.4 Å². The van der Waals surface area contributed by atoms with Gasteiger partial charge in [0, 0.05) is 12.8 Å². The Morgan fingerprint density at radius 2 is 2.12 bits per heavy atom. The van der Waals surface area contributed by atoms with Crippen molar-refractivity contribution in [1.29, 1.82) is 0 Å². The lowest BCUT2D eigenvalue weighted by Gasteiger charge is -2.04. The molecule has 0 saturated carbocycles. The summed E-state index contributed by atoms with van der Waals surface area (Å²) in [5.74, 6) is 11.4. The minimum atomic E-state index is -0.124.